The van der Waals surface area contributed by atoms with E-state index in [9.17, 15) is 0 Å². The molecule has 0 aliphatic carbocycles. The van der Waals surface area contributed by atoms with Crippen LogP contribution in [0.15, 0.2) is 12.7 Å². The summed E-state index contributed by atoms with van der Waals surface area (Å²) in [6.07, 6.45) is 8.36. The molecule has 0 aliphatic rings. The van der Waals surface area contributed by atoms with E-state index in [0.717, 1.165) is 57.8 Å². The Morgan fingerprint density at radius 1 is 0.950 bits per heavy atom. The van der Waals surface area contributed by atoms with Crippen molar-refractivity contribution in [1.29, 1.82) is 0 Å². The fourth-order valence-corrected chi connectivity index (χ4v) is 4.26. The highest BCUT2D eigenvalue weighted by molar-refractivity contribution is 6.60. The average Bonchev–Trinajstić information content (AvgIpc) is 2.47. The third-order valence-electron chi connectivity index (χ3n) is 3.24. The molecule has 0 saturated carbocycles. The van der Waals surface area contributed by atoms with Crippen LogP contribution in [0.4, 0.5) is 0 Å². The van der Waals surface area contributed by atoms with Crippen molar-refractivity contribution in [1.82, 2.24) is 0 Å². The summed E-state index contributed by atoms with van der Waals surface area (Å²) in [5.74, 6) is 0. The standard InChI is InChI=1S/C16H34O3Si/c1-6-11-14-17-20(10-5,18-15-12-7-2)19-16(9-4)13-8-3/h9,16H,4,6-8,10-15H2,1-3,5H3. The van der Waals surface area contributed by atoms with E-state index < -0.39 is 8.80 Å². The maximum absolute atomic E-state index is 6.25. The minimum Gasteiger partial charge on any atom is -0.373 e. The van der Waals surface area contributed by atoms with Gasteiger partial charge in [-0.05, 0) is 19.3 Å². The first-order chi connectivity index (χ1) is 9.67. The van der Waals surface area contributed by atoms with Gasteiger partial charge in [-0.3, -0.25) is 0 Å². The van der Waals surface area contributed by atoms with Gasteiger partial charge in [-0.25, -0.2) is 0 Å². The molecule has 0 amide bonds. The first kappa shape index (κ1) is 19.8. The van der Waals surface area contributed by atoms with E-state index in [2.05, 4.69) is 34.3 Å². The second-order valence-corrected chi connectivity index (χ2v) is 8.01. The van der Waals surface area contributed by atoms with Crippen LogP contribution >= 0.6 is 0 Å². The van der Waals surface area contributed by atoms with Crippen molar-refractivity contribution < 1.29 is 13.3 Å². The minimum atomic E-state index is -2.54. The molecule has 0 N–H and O–H groups in total. The van der Waals surface area contributed by atoms with Gasteiger partial charge in [0, 0.05) is 19.3 Å². The van der Waals surface area contributed by atoms with Gasteiger partial charge >= 0.3 is 8.80 Å². The maximum Gasteiger partial charge on any atom is 0.501 e. The van der Waals surface area contributed by atoms with Gasteiger partial charge < -0.3 is 13.3 Å². The van der Waals surface area contributed by atoms with Gasteiger partial charge in [0.2, 0.25) is 0 Å². The summed E-state index contributed by atoms with van der Waals surface area (Å²) in [6, 6.07) is 0.828. The van der Waals surface area contributed by atoms with Gasteiger partial charge in [0.15, 0.2) is 0 Å². The van der Waals surface area contributed by atoms with Gasteiger partial charge in [-0.15, -0.1) is 6.58 Å². The van der Waals surface area contributed by atoms with Crippen molar-refractivity contribution in [3.8, 4) is 0 Å². The molecule has 1 unspecified atom stereocenters. The molecule has 0 spiro atoms. The van der Waals surface area contributed by atoms with Crippen LogP contribution in [0.1, 0.15) is 66.2 Å². The summed E-state index contributed by atoms with van der Waals surface area (Å²) < 4.78 is 18.4. The number of hydrogen-bond acceptors (Lipinski definition) is 3. The Bertz CT molecular complexity index is 224. The van der Waals surface area contributed by atoms with Gasteiger partial charge in [0.25, 0.3) is 0 Å². The Hall–Kier alpha value is -0.163. The van der Waals surface area contributed by atoms with E-state index in [1.165, 1.54) is 0 Å². The van der Waals surface area contributed by atoms with Gasteiger partial charge in [0.05, 0.1) is 6.10 Å². The number of unbranched alkanes of at least 4 members (excludes halogenated alkanes) is 2. The van der Waals surface area contributed by atoms with E-state index in [0.29, 0.717) is 0 Å². The predicted molar refractivity (Wildman–Crippen MR) is 87.9 cm³/mol. The SMILES string of the molecule is C=CC(CCC)O[Si](CC)(OCCCC)OCCCC. The van der Waals surface area contributed by atoms with Gasteiger partial charge in [-0.1, -0.05) is 53.0 Å². The second-order valence-electron chi connectivity index (χ2n) is 5.12. The van der Waals surface area contributed by atoms with Crippen LogP contribution in [0.3, 0.4) is 0 Å². The molecule has 0 rings (SSSR count). The quantitative estimate of drug-likeness (QED) is 0.258. The Morgan fingerprint density at radius 2 is 1.50 bits per heavy atom. The van der Waals surface area contributed by atoms with Crippen LogP contribution in [0.25, 0.3) is 0 Å². The lowest BCUT2D eigenvalue weighted by atomic mass is 10.2. The highest BCUT2D eigenvalue weighted by Gasteiger charge is 2.40. The molecule has 0 aliphatic heterocycles. The summed E-state index contributed by atoms with van der Waals surface area (Å²) in [5, 5.41) is 0. The van der Waals surface area contributed by atoms with Crippen molar-refractivity contribution >= 4 is 8.80 Å². The third-order valence-corrected chi connectivity index (χ3v) is 6.06. The van der Waals surface area contributed by atoms with Crippen LogP contribution in [-0.2, 0) is 13.3 Å². The molecule has 0 fully saturated rings. The smallest absolute Gasteiger partial charge is 0.373 e. The Morgan fingerprint density at radius 3 is 1.85 bits per heavy atom. The highest BCUT2D eigenvalue weighted by Crippen LogP contribution is 2.21. The molecule has 0 radical (unpaired) electrons. The predicted octanol–water partition coefficient (Wildman–Crippen LogP) is 4.95. The minimum absolute atomic E-state index is 0.0508. The third kappa shape index (κ3) is 8.20. The number of hydrogen-bond donors (Lipinski definition) is 0. The molecule has 0 aromatic rings. The first-order valence-electron chi connectivity index (χ1n) is 8.26. The van der Waals surface area contributed by atoms with Crippen LogP contribution in [0.2, 0.25) is 6.04 Å². The van der Waals surface area contributed by atoms with Crippen molar-refractivity contribution in [3.63, 3.8) is 0 Å². The van der Waals surface area contributed by atoms with Crippen molar-refractivity contribution in [3.05, 3.63) is 12.7 Å². The van der Waals surface area contributed by atoms with E-state index in [1.807, 2.05) is 6.08 Å². The summed E-state index contributed by atoms with van der Waals surface area (Å²) in [7, 11) is -2.54. The maximum atomic E-state index is 6.25. The van der Waals surface area contributed by atoms with Crippen LogP contribution < -0.4 is 0 Å². The Balaban J connectivity index is 4.63. The van der Waals surface area contributed by atoms with E-state index >= 15 is 0 Å². The molecule has 0 aromatic heterocycles. The fourth-order valence-electron chi connectivity index (χ4n) is 1.88. The van der Waals surface area contributed by atoms with E-state index in [4.69, 9.17) is 13.3 Å². The van der Waals surface area contributed by atoms with Gasteiger partial charge in [0.1, 0.15) is 0 Å². The summed E-state index contributed by atoms with van der Waals surface area (Å²) >= 11 is 0. The van der Waals surface area contributed by atoms with Crippen LogP contribution in [-0.4, -0.2) is 28.1 Å². The zero-order valence-corrected chi connectivity index (χ0v) is 15.0. The zero-order valence-electron chi connectivity index (χ0n) is 14.0. The molecule has 0 bridgehead atoms. The molecule has 1 atom stereocenters. The van der Waals surface area contributed by atoms with E-state index in [1.54, 1.807) is 0 Å². The van der Waals surface area contributed by atoms with Crippen molar-refractivity contribution in [2.24, 2.45) is 0 Å². The zero-order chi connectivity index (χ0) is 15.3. The molecule has 4 heteroatoms. The molecule has 3 nitrogen and oxygen atoms in total. The van der Waals surface area contributed by atoms with Crippen molar-refractivity contribution in [2.75, 3.05) is 13.2 Å². The first-order valence-corrected chi connectivity index (χ1v) is 10.2. The molecule has 20 heavy (non-hydrogen) atoms. The highest BCUT2D eigenvalue weighted by atomic mass is 28.4. The lowest BCUT2D eigenvalue weighted by molar-refractivity contribution is 0.0376. The summed E-state index contributed by atoms with van der Waals surface area (Å²) in [6.45, 7) is 13.9. The number of rotatable bonds is 14. The van der Waals surface area contributed by atoms with Crippen LogP contribution in [0, 0.1) is 0 Å². The fraction of sp³-hybridized carbons (Fsp3) is 0.875. The van der Waals surface area contributed by atoms with E-state index in [-0.39, 0.29) is 6.10 Å². The van der Waals surface area contributed by atoms with Gasteiger partial charge in [-0.2, -0.15) is 0 Å². The monoisotopic (exact) mass is 302 g/mol. The largest absolute Gasteiger partial charge is 0.501 e. The summed E-state index contributed by atoms with van der Waals surface area (Å²) in [4.78, 5) is 0. The molecular formula is C16H34O3Si. The average molecular weight is 303 g/mol. The molecule has 0 saturated heterocycles. The lowest BCUT2D eigenvalue weighted by Crippen LogP contribution is -2.48. The molecular weight excluding hydrogens is 268 g/mol. The molecule has 120 valence electrons. The molecule has 0 heterocycles. The Kier molecular flexibility index (Phi) is 12.5. The molecule has 0 aromatic carbocycles. The topological polar surface area (TPSA) is 27.7 Å². The normalized spacial score (nSPS) is 13.4. The second kappa shape index (κ2) is 12.6. The summed E-state index contributed by atoms with van der Waals surface area (Å²) in [5.41, 5.74) is 0. The Labute approximate surface area is 127 Å². The van der Waals surface area contributed by atoms with Crippen molar-refractivity contribution in [2.45, 2.75) is 78.4 Å². The van der Waals surface area contributed by atoms with Crippen LogP contribution in [0.5, 0.6) is 0 Å². The lowest BCUT2D eigenvalue weighted by Gasteiger charge is -2.32.